The number of aromatic amines is 2. The van der Waals surface area contributed by atoms with E-state index in [-0.39, 0.29) is 5.75 Å². The highest BCUT2D eigenvalue weighted by molar-refractivity contribution is 5.87. The Kier molecular flexibility index (Phi) is 1.67. The van der Waals surface area contributed by atoms with Gasteiger partial charge in [-0.1, -0.05) is 0 Å². The number of rotatable bonds is 1. The van der Waals surface area contributed by atoms with Crippen LogP contribution in [0.25, 0.3) is 22.3 Å². The minimum absolute atomic E-state index is 0.235. The number of hydrogen-bond acceptors (Lipinski definition) is 3. The summed E-state index contributed by atoms with van der Waals surface area (Å²) in [4.78, 5) is 3.17. The monoisotopic (exact) mass is 214 g/mol. The van der Waals surface area contributed by atoms with Crippen molar-refractivity contribution >= 4 is 16.6 Å². The Morgan fingerprint density at radius 3 is 2.88 bits per heavy atom. The van der Waals surface area contributed by atoms with E-state index >= 15 is 0 Å². The molecule has 0 fully saturated rings. The van der Waals surface area contributed by atoms with Gasteiger partial charge in [0.2, 0.25) is 0 Å². The molecule has 2 aromatic heterocycles. The van der Waals surface area contributed by atoms with E-state index in [0.29, 0.717) is 5.69 Å². The van der Waals surface area contributed by atoms with Crippen LogP contribution >= 0.6 is 0 Å². The highest BCUT2D eigenvalue weighted by atomic mass is 16.3. The molecule has 3 rings (SSSR count). The summed E-state index contributed by atoms with van der Waals surface area (Å²) in [6, 6.07) is 7.12. The summed E-state index contributed by atoms with van der Waals surface area (Å²) in [5.41, 5.74) is 8.84. The van der Waals surface area contributed by atoms with Crippen molar-refractivity contribution in [1.29, 1.82) is 0 Å². The quantitative estimate of drug-likeness (QED) is 0.498. The molecule has 0 radical (unpaired) electrons. The van der Waals surface area contributed by atoms with E-state index < -0.39 is 0 Å². The van der Waals surface area contributed by atoms with E-state index in [1.54, 1.807) is 18.3 Å². The smallest absolute Gasteiger partial charge is 0.117 e. The summed E-state index contributed by atoms with van der Waals surface area (Å²) >= 11 is 0. The molecular formula is C11H10N4O. The van der Waals surface area contributed by atoms with E-state index in [1.807, 2.05) is 12.1 Å². The molecule has 5 N–H and O–H groups in total. The zero-order valence-corrected chi connectivity index (χ0v) is 8.36. The van der Waals surface area contributed by atoms with E-state index in [4.69, 9.17) is 5.73 Å². The fraction of sp³-hybridized carbons (Fsp3) is 0. The van der Waals surface area contributed by atoms with Crippen LogP contribution < -0.4 is 5.73 Å². The lowest BCUT2D eigenvalue weighted by Crippen LogP contribution is -1.85. The summed E-state index contributed by atoms with van der Waals surface area (Å²) in [5, 5.41) is 17.1. The van der Waals surface area contributed by atoms with Gasteiger partial charge < -0.3 is 15.8 Å². The Labute approximate surface area is 90.9 Å². The molecule has 0 atom stereocenters. The number of H-pyrrole nitrogens is 2. The zero-order valence-electron chi connectivity index (χ0n) is 8.36. The molecule has 0 aliphatic rings. The zero-order chi connectivity index (χ0) is 11.1. The van der Waals surface area contributed by atoms with Gasteiger partial charge in [-0.05, 0) is 18.2 Å². The van der Waals surface area contributed by atoms with Crippen molar-refractivity contribution in [1.82, 2.24) is 15.2 Å². The van der Waals surface area contributed by atoms with Crippen molar-refractivity contribution in [2.45, 2.75) is 0 Å². The van der Waals surface area contributed by atoms with Crippen molar-refractivity contribution in [3.05, 3.63) is 30.5 Å². The number of anilines is 1. The average molecular weight is 214 g/mol. The van der Waals surface area contributed by atoms with E-state index in [9.17, 15) is 5.11 Å². The second-order valence-electron chi connectivity index (χ2n) is 3.65. The summed E-state index contributed by atoms with van der Waals surface area (Å²) in [6.45, 7) is 0. The summed E-state index contributed by atoms with van der Waals surface area (Å²) in [7, 11) is 0. The number of phenols is 1. The molecule has 2 heterocycles. The Balaban J connectivity index is 2.23. The molecule has 16 heavy (non-hydrogen) atoms. The molecule has 0 saturated carbocycles. The first-order valence-electron chi connectivity index (χ1n) is 4.85. The van der Waals surface area contributed by atoms with Crippen molar-refractivity contribution in [2.75, 3.05) is 5.73 Å². The molecule has 0 unspecified atom stereocenters. The number of nitrogens with two attached hydrogens (primary N) is 1. The van der Waals surface area contributed by atoms with Gasteiger partial charge in [0.05, 0.1) is 17.6 Å². The molecule has 3 aromatic rings. The SMILES string of the molecule is Nc1cn[nH]c1-c1cc2ccc(O)cc2[nH]1. The van der Waals surface area contributed by atoms with Crippen molar-refractivity contribution in [3.63, 3.8) is 0 Å². The van der Waals surface area contributed by atoms with Crippen molar-refractivity contribution in [2.24, 2.45) is 0 Å². The predicted octanol–water partition coefficient (Wildman–Crippen LogP) is 1.85. The van der Waals surface area contributed by atoms with Gasteiger partial charge in [0.1, 0.15) is 11.4 Å². The van der Waals surface area contributed by atoms with Crippen LogP contribution in [0.1, 0.15) is 0 Å². The van der Waals surface area contributed by atoms with Gasteiger partial charge >= 0.3 is 0 Å². The molecule has 0 saturated heterocycles. The number of benzene rings is 1. The molecule has 1 aromatic carbocycles. The summed E-state index contributed by atoms with van der Waals surface area (Å²) < 4.78 is 0. The van der Waals surface area contributed by atoms with Gasteiger partial charge in [-0.3, -0.25) is 5.10 Å². The standard InChI is InChI=1S/C11H10N4O/c12-8-5-13-15-11(8)10-3-6-1-2-7(16)4-9(6)14-10/h1-5,14,16H,12H2,(H,13,15). The molecule has 5 nitrogen and oxygen atoms in total. The fourth-order valence-corrected chi connectivity index (χ4v) is 1.76. The number of hydrogen-bond donors (Lipinski definition) is 4. The maximum Gasteiger partial charge on any atom is 0.117 e. The van der Waals surface area contributed by atoms with Gasteiger partial charge in [0, 0.05) is 17.0 Å². The van der Waals surface area contributed by atoms with Crippen LogP contribution in [0.4, 0.5) is 5.69 Å². The Morgan fingerprint density at radius 2 is 2.12 bits per heavy atom. The predicted molar refractivity (Wildman–Crippen MR) is 62.0 cm³/mol. The van der Waals surface area contributed by atoms with Crippen LogP contribution in [0.3, 0.4) is 0 Å². The van der Waals surface area contributed by atoms with Crippen LogP contribution in [0.2, 0.25) is 0 Å². The minimum Gasteiger partial charge on any atom is -0.508 e. The van der Waals surface area contributed by atoms with Gasteiger partial charge in [0.15, 0.2) is 0 Å². The molecule has 0 bridgehead atoms. The second-order valence-corrected chi connectivity index (χ2v) is 3.65. The fourth-order valence-electron chi connectivity index (χ4n) is 1.76. The number of aromatic hydroxyl groups is 1. The topological polar surface area (TPSA) is 90.7 Å². The van der Waals surface area contributed by atoms with Crippen LogP contribution in [-0.2, 0) is 0 Å². The third-order valence-electron chi connectivity index (χ3n) is 2.54. The third-order valence-corrected chi connectivity index (χ3v) is 2.54. The number of nitrogens with zero attached hydrogens (tertiary/aromatic N) is 1. The first kappa shape index (κ1) is 8.84. The minimum atomic E-state index is 0.235. The first-order chi connectivity index (χ1) is 7.74. The molecule has 0 amide bonds. The van der Waals surface area contributed by atoms with E-state index in [1.165, 1.54) is 0 Å². The maximum atomic E-state index is 9.36. The average Bonchev–Trinajstić information content (AvgIpc) is 2.82. The summed E-state index contributed by atoms with van der Waals surface area (Å²) in [6.07, 6.45) is 1.57. The van der Waals surface area contributed by atoms with Crippen molar-refractivity contribution < 1.29 is 5.11 Å². The number of aromatic nitrogens is 3. The number of fused-ring (bicyclic) bond motifs is 1. The van der Waals surface area contributed by atoms with Crippen LogP contribution in [-0.4, -0.2) is 20.3 Å². The highest BCUT2D eigenvalue weighted by Gasteiger charge is 2.08. The molecule has 0 spiro atoms. The third kappa shape index (κ3) is 1.22. The maximum absolute atomic E-state index is 9.36. The second kappa shape index (κ2) is 3.03. The molecule has 80 valence electrons. The van der Waals surface area contributed by atoms with Gasteiger partial charge in [-0.25, -0.2) is 0 Å². The van der Waals surface area contributed by atoms with Gasteiger partial charge in [-0.2, -0.15) is 5.10 Å². The van der Waals surface area contributed by atoms with E-state index in [0.717, 1.165) is 22.3 Å². The lowest BCUT2D eigenvalue weighted by atomic mass is 10.2. The highest BCUT2D eigenvalue weighted by Crippen LogP contribution is 2.27. The largest absolute Gasteiger partial charge is 0.508 e. The number of nitrogen functional groups attached to an aromatic ring is 1. The van der Waals surface area contributed by atoms with Crippen LogP contribution in [0.15, 0.2) is 30.5 Å². The van der Waals surface area contributed by atoms with Crippen molar-refractivity contribution in [3.8, 4) is 17.1 Å². The Bertz CT molecular complexity index is 653. The molecular weight excluding hydrogens is 204 g/mol. The lowest BCUT2D eigenvalue weighted by molar-refractivity contribution is 0.476. The Hall–Kier alpha value is -2.43. The summed E-state index contributed by atoms with van der Waals surface area (Å²) in [5.74, 6) is 0.235. The van der Waals surface area contributed by atoms with Crippen LogP contribution in [0, 0.1) is 0 Å². The first-order valence-corrected chi connectivity index (χ1v) is 4.85. The van der Waals surface area contributed by atoms with Gasteiger partial charge in [0.25, 0.3) is 0 Å². The number of nitrogens with one attached hydrogen (secondary N) is 2. The Morgan fingerprint density at radius 1 is 1.25 bits per heavy atom. The molecule has 5 heteroatoms. The lowest BCUT2D eigenvalue weighted by Gasteiger charge is -1.93. The van der Waals surface area contributed by atoms with Crippen LogP contribution in [0.5, 0.6) is 5.75 Å². The van der Waals surface area contributed by atoms with E-state index in [2.05, 4.69) is 15.2 Å². The molecule has 0 aliphatic heterocycles. The van der Waals surface area contributed by atoms with Gasteiger partial charge in [-0.15, -0.1) is 0 Å². The number of phenolic OH excluding ortho intramolecular Hbond substituents is 1. The normalized spacial score (nSPS) is 11.0. The molecule has 0 aliphatic carbocycles.